The second kappa shape index (κ2) is 7.02. The van der Waals surface area contributed by atoms with Crippen LogP contribution in [0.1, 0.15) is 10.4 Å². The third kappa shape index (κ3) is 3.59. The second-order valence-corrected chi connectivity index (χ2v) is 5.47. The average Bonchev–Trinajstić information content (AvgIpc) is 2.62. The Labute approximate surface area is 144 Å². The van der Waals surface area contributed by atoms with Crippen molar-refractivity contribution in [3.63, 3.8) is 0 Å². The Morgan fingerprint density at radius 2 is 1.64 bits per heavy atom. The van der Waals surface area contributed by atoms with Gasteiger partial charge in [0.2, 0.25) is 0 Å². The molecule has 3 aromatic rings. The van der Waals surface area contributed by atoms with Crippen molar-refractivity contribution in [2.24, 2.45) is 5.73 Å². The summed E-state index contributed by atoms with van der Waals surface area (Å²) in [6.07, 6.45) is 0. The lowest BCUT2D eigenvalue weighted by molar-refractivity contribution is 0.100. The number of ketones is 1. The van der Waals surface area contributed by atoms with E-state index in [9.17, 15) is 14.7 Å². The maximum Gasteiger partial charge on any atom is 0.323 e. The standard InChI is InChI=1S/C19H17N3O3/c20-11-18(24)12-4-1-5-13(10-12)21-19(25)22-16-8-2-7-15-14(16)6-3-9-17(15)23/h1-10,23H,11,20H2,(H2,21,22,25). The maximum absolute atomic E-state index is 12.3. The van der Waals surface area contributed by atoms with Crippen molar-refractivity contribution >= 4 is 34.0 Å². The zero-order valence-electron chi connectivity index (χ0n) is 13.3. The van der Waals surface area contributed by atoms with Crippen molar-refractivity contribution in [2.45, 2.75) is 0 Å². The number of benzene rings is 3. The number of urea groups is 1. The predicted octanol–water partition coefficient (Wildman–Crippen LogP) is 3.33. The van der Waals surface area contributed by atoms with Crippen LogP contribution < -0.4 is 16.4 Å². The molecule has 0 aliphatic heterocycles. The highest BCUT2D eigenvalue weighted by atomic mass is 16.3. The highest BCUT2D eigenvalue weighted by molar-refractivity contribution is 6.07. The van der Waals surface area contributed by atoms with Crippen LogP contribution in [0.25, 0.3) is 10.8 Å². The Kier molecular flexibility index (Phi) is 4.63. The number of anilines is 2. The molecule has 0 atom stereocenters. The van der Waals surface area contributed by atoms with E-state index < -0.39 is 6.03 Å². The molecule has 0 saturated heterocycles. The zero-order valence-corrected chi connectivity index (χ0v) is 13.3. The number of nitrogens with one attached hydrogen (secondary N) is 2. The Morgan fingerprint density at radius 1 is 0.920 bits per heavy atom. The van der Waals surface area contributed by atoms with Crippen LogP contribution in [0.15, 0.2) is 60.7 Å². The number of carbonyl (C=O) groups excluding carboxylic acids is 2. The Bertz CT molecular complexity index is 954. The van der Waals surface area contributed by atoms with Gasteiger partial charge in [-0.2, -0.15) is 0 Å². The number of Topliss-reactive ketones (excluding diaryl/α,β-unsaturated/α-hetero) is 1. The second-order valence-electron chi connectivity index (χ2n) is 5.47. The van der Waals surface area contributed by atoms with Crippen LogP contribution in [0.4, 0.5) is 16.2 Å². The molecular weight excluding hydrogens is 318 g/mol. The minimum absolute atomic E-state index is 0.0881. The van der Waals surface area contributed by atoms with Crippen LogP contribution in [0.3, 0.4) is 0 Å². The molecule has 0 unspecified atom stereocenters. The van der Waals surface area contributed by atoms with Gasteiger partial charge in [0.05, 0.1) is 12.2 Å². The minimum atomic E-state index is -0.451. The molecule has 0 aliphatic carbocycles. The highest BCUT2D eigenvalue weighted by Crippen LogP contribution is 2.29. The van der Waals surface area contributed by atoms with Gasteiger partial charge in [0.1, 0.15) is 5.75 Å². The molecule has 6 heteroatoms. The Hall–Kier alpha value is -3.38. The van der Waals surface area contributed by atoms with Gasteiger partial charge >= 0.3 is 6.03 Å². The van der Waals surface area contributed by atoms with Crippen LogP contribution >= 0.6 is 0 Å². The normalized spacial score (nSPS) is 10.4. The number of phenols is 1. The number of carbonyl (C=O) groups is 2. The summed E-state index contributed by atoms with van der Waals surface area (Å²) in [4.78, 5) is 23.9. The van der Waals surface area contributed by atoms with Gasteiger partial charge in [0, 0.05) is 22.0 Å². The summed E-state index contributed by atoms with van der Waals surface area (Å²) in [5, 5.41) is 16.7. The summed E-state index contributed by atoms with van der Waals surface area (Å²) in [6.45, 7) is -0.0881. The number of hydrogen-bond donors (Lipinski definition) is 4. The molecule has 2 amide bonds. The van der Waals surface area contributed by atoms with Crippen LogP contribution in [-0.4, -0.2) is 23.5 Å². The molecule has 0 aromatic heterocycles. The number of nitrogens with two attached hydrogens (primary N) is 1. The molecule has 25 heavy (non-hydrogen) atoms. The molecule has 126 valence electrons. The van der Waals surface area contributed by atoms with E-state index >= 15 is 0 Å². The van der Waals surface area contributed by atoms with Crippen molar-refractivity contribution in [1.29, 1.82) is 0 Å². The average molecular weight is 335 g/mol. The summed E-state index contributed by atoms with van der Waals surface area (Å²) in [5.41, 5.74) is 6.85. The summed E-state index contributed by atoms with van der Waals surface area (Å²) in [5.74, 6) is -0.0526. The first-order valence-corrected chi connectivity index (χ1v) is 7.70. The van der Waals surface area contributed by atoms with Gasteiger partial charge in [-0.15, -0.1) is 0 Å². The van der Waals surface area contributed by atoms with E-state index in [1.165, 1.54) is 0 Å². The molecular formula is C19H17N3O3. The molecule has 0 heterocycles. The molecule has 0 aliphatic rings. The van der Waals surface area contributed by atoms with E-state index in [2.05, 4.69) is 10.6 Å². The molecule has 6 nitrogen and oxygen atoms in total. The first kappa shape index (κ1) is 16.5. The Balaban J connectivity index is 1.80. The molecule has 0 fully saturated rings. The third-order valence-electron chi connectivity index (χ3n) is 3.78. The van der Waals surface area contributed by atoms with Gasteiger partial charge in [0.25, 0.3) is 0 Å². The first-order chi connectivity index (χ1) is 12.1. The third-order valence-corrected chi connectivity index (χ3v) is 3.78. The molecule has 3 rings (SSSR count). The van der Waals surface area contributed by atoms with Crippen molar-refractivity contribution < 1.29 is 14.7 Å². The molecule has 0 spiro atoms. The fourth-order valence-electron chi connectivity index (χ4n) is 2.58. The maximum atomic E-state index is 12.3. The van der Waals surface area contributed by atoms with Crippen LogP contribution in [0, 0.1) is 0 Å². The number of rotatable bonds is 4. The lowest BCUT2D eigenvalue weighted by atomic mass is 10.1. The molecule has 0 radical (unpaired) electrons. The van der Waals surface area contributed by atoms with Crippen LogP contribution in [0.2, 0.25) is 0 Å². The molecule has 0 saturated carbocycles. The summed E-state index contributed by atoms with van der Waals surface area (Å²) >= 11 is 0. The Morgan fingerprint density at radius 3 is 2.44 bits per heavy atom. The van der Waals surface area contributed by atoms with Crippen molar-refractivity contribution in [3.8, 4) is 5.75 Å². The van der Waals surface area contributed by atoms with E-state index in [4.69, 9.17) is 5.73 Å². The first-order valence-electron chi connectivity index (χ1n) is 7.70. The van der Waals surface area contributed by atoms with E-state index in [0.29, 0.717) is 22.3 Å². The van der Waals surface area contributed by atoms with Crippen molar-refractivity contribution in [1.82, 2.24) is 0 Å². The summed E-state index contributed by atoms with van der Waals surface area (Å²) in [6, 6.07) is 16.5. The number of aromatic hydroxyl groups is 1. The van der Waals surface area contributed by atoms with Gasteiger partial charge in [-0.25, -0.2) is 4.79 Å². The summed E-state index contributed by atoms with van der Waals surface area (Å²) < 4.78 is 0. The number of phenolic OH excluding ortho intramolecular Hbond substituents is 1. The van der Waals surface area contributed by atoms with E-state index in [1.807, 2.05) is 6.07 Å². The van der Waals surface area contributed by atoms with E-state index in [0.717, 1.165) is 5.39 Å². The largest absolute Gasteiger partial charge is 0.507 e. The van der Waals surface area contributed by atoms with Gasteiger partial charge in [-0.1, -0.05) is 36.4 Å². The quantitative estimate of drug-likeness (QED) is 0.549. The minimum Gasteiger partial charge on any atom is -0.507 e. The van der Waals surface area contributed by atoms with E-state index in [1.54, 1.807) is 54.6 Å². The number of hydrogen-bond acceptors (Lipinski definition) is 4. The fraction of sp³-hybridized carbons (Fsp3) is 0.0526. The van der Waals surface area contributed by atoms with Crippen molar-refractivity contribution in [3.05, 3.63) is 66.2 Å². The zero-order chi connectivity index (χ0) is 17.8. The van der Waals surface area contributed by atoms with Gasteiger partial charge in [-0.05, 0) is 24.3 Å². The van der Waals surface area contributed by atoms with Gasteiger partial charge in [0.15, 0.2) is 5.78 Å². The smallest absolute Gasteiger partial charge is 0.323 e. The summed E-state index contributed by atoms with van der Waals surface area (Å²) in [7, 11) is 0. The number of fused-ring (bicyclic) bond motifs is 1. The van der Waals surface area contributed by atoms with E-state index in [-0.39, 0.29) is 18.1 Å². The highest BCUT2D eigenvalue weighted by Gasteiger charge is 2.09. The van der Waals surface area contributed by atoms with Crippen molar-refractivity contribution in [2.75, 3.05) is 17.2 Å². The molecule has 3 aromatic carbocycles. The topological polar surface area (TPSA) is 104 Å². The lowest BCUT2D eigenvalue weighted by Crippen LogP contribution is -2.20. The molecule has 0 bridgehead atoms. The fourth-order valence-corrected chi connectivity index (χ4v) is 2.58. The monoisotopic (exact) mass is 335 g/mol. The lowest BCUT2D eigenvalue weighted by Gasteiger charge is -2.11. The van der Waals surface area contributed by atoms with Gasteiger partial charge in [-0.3, -0.25) is 4.79 Å². The predicted molar refractivity (Wildman–Crippen MR) is 98.1 cm³/mol. The van der Waals surface area contributed by atoms with Crippen LogP contribution in [-0.2, 0) is 0 Å². The number of amides is 2. The van der Waals surface area contributed by atoms with Gasteiger partial charge < -0.3 is 21.5 Å². The SMILES string of the molecule is NCC(=O)c1cccc(NC(=O)Nc2cccc3c(O)cccc23)c1. The van der Waals surface area contributed by atoms with Crippen LogP contribution in [0.5, 0.6) is 5.75 Å². The molecule has 5 N–H and O–H groups in total.